The van der Waals surface area contributed by atoms with Crippen LogP contribution >= 0.6 is 0 Å². The number of carbonyl (C=O) groups is 3. The van der Waals surface area contributed by atoms with Gasteiger partial charge in [0.15, 0.2) is 0 Å². The lowest BCUT2D eigenvalue weighted by Crippen LogP contribution is -2.36. The van der Waals surface area contributed by atoms with Crippen LogP contribution < -0.4 is 16.4 Å². The summed E-state index contributed by atoms with van der Waals surface area (Å²) in [5.74, 6) is -0.538. The number of nitrogens with one attached hydrogen (secondary N) is 2. The van der Waals surface area contributed by atoms with Gasteiger partial charge in [0.2, 0.25) is 17.7 Å². The summed E-state index contributed by atoms with van der Waals surface area (Å²) < 4.78 is 0. The predicted octanol–water partition coefficient (Wildman–Crippen LogP) is 0.413. The third-order valence-electron chi connectivity index (χ3n) is 3.13. The highest BCUT2D eigenvalue weighted by atomic mass is 16.2. The largest absolute Gasteiger partial charge is 0.368 e. The van der Waals surface area contributed by atoms with Gasteiger partial charge in [0.05, 0.1) is 6.54 Å². The topological polar surface area (TPSA) is 101 Å². The maximum absolute atomic E-state index is 11.6. The van der Waals surface area contributed by atoms with Crippen LogP contribution in [0.25, 0.3) is 0 Å². The van der Waals surface area contributed by atoms with Crippen LogP contribution in [0.3, 0.4) is 0 Å². The summed E-state index contributed by atoms with van der Waals surface area (Å²) in [5.41, 5.74) is 4.96. The normalized spacial score (nSPS) is 13.7. The molecule has 3 amide bonds. The molecular weight excluding hydrogens is 258 g/mol. The number of rotatable bonds is 9. The van der Waals surface area contributed by atoms with Crippen molar-refractivity contribution in [3.8, 4) is 0 Å². The van der Waals surface area contributed by atoms with Crippen LogP contribution in [0.1, 0.15) is 40.5 Å². The number of primary amides is 1. The lowest BCUT2D eigenvalue weighted by Gasteiger charge is -2.16. The van der Waals surface area contributed by atoms with Crippen LogP contribution in [0.4, 0.5) is 0 Å². The van der Waals surface area contributed by atoms with E-state index in [-0.39, 0.29) is 30.2 Å². The van der Waals surface area contributed by atoms with Crippen molar-refractivity contribution in [1.82, 2.24) is 10.6 Å². The van der Waals surface area contributed by atoms with E-state index < -0.39 is 5.91 Å². The Morgan fingerprint density at radius 2 is 1.55 bits per heavy atom. The van der Waals surface area contributed by atoms with Gasteiger partial charge in [0.25, 0.3) is 0 Å². The summed E-state index contributed by atoms with van der Waals surface area (Å²) in [5, 5.41) is 5.36. The number of amides is 3. The molecule has 0 aliphatic carbocycles. The Kier molecular flexibility index (Phi) is 8.59. The Morgan fingerprint density at radius 1 is 0.950 bits per heavy atom. The maximum atomic E-state index is 11.6. The van der Waals surface area contributed by atoms with Gasteiger partial charge < -0.3 is 16.4 Å². The number of nitrogens with two attached hydrogens (primary N) is 1. The molecule has 0 aliphatic heterocycles. The van der Waals surface area contributed by atoms with E-state index >= 15 is 0 Å². The fourth-order valence-electron chi connectivity index (χ4n) is 1.60. The maximum Gasteiger partial charge on any atom is 0.236 e. The van der Waals surface area contributed by atoms with Crippen LogP contribution in [0.15, 0.2) is 0 Å². The fourth-order valence-corrected chi connectivity index (χ4v) is 1.60. The highest BCUT2D eigenvalue weighted by Gasteiger charge is 2.15. The van der Waals surface area contributed by atoms with Crippen molar-refractivity contribution in [3.63, 3.8) is 0 Å². The van der Waals surface area contributed by atoms with E-state index in [1.54, 1.807) is 0 Å². The summed E-state index contributed by atoms with van der Waals surface area (Å²) in [6, 6.07) is 0. The van der Waals surface area contributed by atoms with E-state index in [1.807, 2.05) is 27.7 Å². The molecule has 0 radical (unpaired) electrons. The second-order valence-electron chi connectivity index (χ2n) is 5.67. The standard InChI is InChI=1S/C14H27N3O3/c1-9(2)13(19)16-7-10(3)5-6-11(4)14(20)17-8-12(15)18/h9-11H,5-8H2,1-4H3,(H2,15,18)(H,16,19)(H,17,20). The van der Waals surface area contributed by atoms with Crippen LogP contribution in [-0.2, 0) is 14.4 Å². The van der Waals surface area contributed by atoms with Gasteiger partial charge in [-0.3, -0.25) is 14.4 Å². The highest BCUT2D eigenvalue weighted by Crippen LogP contribution is 2.12. The Hall–Kier alpha value is -1.59. The van der Waals surface area contributed by atoms with Gasteiger partial charge in [-0.15, -0.1) is 0 Å². The summed E-state index contributed by atoms with van der Waals surface area (Å²) in [6.45, 7) is 8.05. The van der Waals surface area contributed by atoms with Crippen molar-refractivity contribution in [2.24, 2.45) is 23.5 Å². The molecule has 6 nitrogen and oxygen atoms in total. The predicted molar refractivity (Wildman–Crippen MR) is 77.6 cm³/mol. The Labute approximate surface area is 120 Å². The molecule has 0 bridgehead atoms. The quantitative estimate of drug-likeness (QED) is 0.572. The van der Waals surface area contributed by atoms with Crippen molar-refractivity contribution in [3.05, 3.63) is 0 Å². The Morgan fingerprint density at radius 3 is 2.05 bits per heavy atom. The van der Waals surface area contributed by atoms with Gasteiger partial charge in [0, 0.05) is 18.4 Å². The van der Waals surface area contributed by atoms with Crippen LogP contribution in [-0.4, -0.2) is 30.8 Å². The molecular formula is C14H27N3O3. The summed E-state index contributed by atoms with van der Waals surface area (Å²) in [6.07, 6.45) is 1.55. The molecule has 0 aliphatic rings. The average molecular weight is 285 g/mol. The van der Waals surface area contributed by atoms with E-state index in [9.17, 15) is 14.4 Å². The average Bonchev–Trinajstić information content (AvgIpc) is 2.38. The third-order valence-corrected chi connectivity index (χ3v) is 3.13. The monoisotopic (exact) mass is 285 g/mol. The van der Waals surface area contributed by atoms with Crippen molar-refractivity contribution in [2.45, 2.75) is 40.5 Å². The molecule has 0 spiro atoms. The first-order valence-electron chi connectivity index (χ1n) is 7.07. The SMILES string of the molecule is CC(CCC(C)C(=O)NCC(N)=O)CNC(=O)C(C)C. The van der Waals surface area contributed by atoms with Gasteiger partial charge in [0.1, 0.15) is 0 Å². The molecule has 4 N–H and O–H groups in total. The minimum absolute atomic E-state index is 0.0132. The minimum atomic E-state index is -0.546. The van der Waals surface area contributed by atoms with Crippen molar-refractivity contribution >= 4 is 17.7 Å². The molecule has 0 aromatic heterocycles. The molecule has 116 valence electrons. The molecule has 6 heteroatoms. The van der Waals surface area contributed by atoms with E-state index in [0.717, 1.165) is 6.42 Å². The molecule has 2 unspecified atom stereocenters. The smallest absolute Gasteiger partial charge is 0.236 e. The van der Waals surface area contributed by atoms with E-state index in [4.69, 9.17) is 5.73 Å². The molecule has 2 atom stereocenters. The lowest BCUT2D eigenvalue weighted by atomic mass is 9.97. The van der Waals surface area contributed by atoms with Crippen LogP contribution in [0, 0.1) is 17.8 Å². The molecule has 20 heavy (non-hydrogen) atoms. The third kappa shape index (κ3) is 8.50. The highest BCUT2D eigenvalue weighted by molar-refractivity contribution is 5.84. The van der Waals surface area contributed by atoms with E-state index in [2.05, 4.69) is 10.6 Å². The van der Waals surface area contributed by atoms with E-state index in [0.29, 0.717) is 18.9 Å². The minimum Gasteiger partial charge on any atom is -0.368 e. The zero-order chi connectivity index (χ0) is 15.7. The van der Waals surface area contributed by atoms with E-state index in [1.165, 1.54) is 0 Å². The Bertz CT molecular complexity index is 343. The first-order chi connectivity index (χ1) is 9.23. The van der Waals surface area contributed by atoms with Gasteiger partial charge in [-0.05, 0) is 18.8 Å². The fraction of sp³-hybridized carbons (Fsp3) is 0.786. The zero-order valence-electron chi connectivity index (χ0n) is 12.9. The summed E-state index contributed by atoms with van der Waals surface area (Å²) in [4.78, 5) is 33.6. The number of hydrogen-bond donors (Lipinski definition) is 3. The second-order valence-corrected chi connectivity index (χ2v) is 5.67. The number of hydrogen-bond acceptors (Lipinski definition) is 3. The van der Waals surface area contributed by atoms with Gasteiger partial charge in [-0.2, -0.15) is 0 Å². The van der Waals surface area contributed by atoms with Crippen LogP contribution in [0.2, 0.25) is 0 Å². The van der Waals surface area contributed by atoms with Crippen molar-refractivity contribution < 1.29 is 14.4 Å². The molecule has 0 aromatic rings. The van der Waals surface area contributed by atoms with Gasteiger partial charge in [-0.25, -0.2) is 0 Å². The molecule has 0 saturated heterocycles. The zero-order valence-corrected chi connectivity index (χ0v) is 12.9. The first-order valence-corrected chi connectivity index (χ1v) is 7.07. The molecule has 0 heterocycles. The first kappa shape index (κ1) is 18.4. The molecule has 0 rings (SSSR count). The summed E-state index contributed by atoms with van der Waals surface area (Å²) >= 11 is 0. The van der Waals surface area contributed by atoms with Gasteiger partial charge in [-0.1, -0.05) is 27.7 Å². The molecule has 0 fully saturated rings. The number of carbonyl (C=O) groups excluding carboxylic acids is 3. The molecule has 0 saturated carbocycles. The molecule has 0 aromatic carbocycles. The Balaban J connectivity index is 3.87. The second kappa shape index (κ2) is 9.34. The summed E-state index contributed by atoms with van der Waals surface area (Å²) in [7, 11) is 0. The van der Waals surface area contributed by atoms with Gasteiger partial charge >= 0.3 is 0 Å². The van der Waals surface area contributed by atoms with Crippen molar-refractivity contribution in [1.29, 1.82) is 0 Å². The van der Waals surface area contributed by atoms with Crippen LogP contribution in [0.5, 0.6) is 0 Å². The van der Waals surface area contributed by atoms with Crippen molar-refractivity contribution in [2.75, 3.05) is 13.1 Å². The lowest BCUT2D eigenvalue weighted by molar-refractivity contribution is -0.127.